The van der Waals surface area contributed by atoms with Crippen LogP contribution in [0.4, 0.5) is 10.9 Å². The van der Waals surface area contributed by atoms with Crippen molar-refractivity contribution in [1.82, 2.24) is 15.0 Å². The summed E-state index contributed by atoms with van der Waals surface area (Å²) < 4.78 is 1.17. The Morgan fingerprint density at radius 2 is 2.05 bits per heavy atom. The standard InChI is InChI=1S/C14H13ClN4S/c1-3-9-4-5-10-11(6-9)20-14(18-10)19-13-7-12(15)16-8(2)17-13/h4-7H,3H2,1-2H3,(H,16,17,18,19). The van der Waals surface area contributed by atoms with Crippen LogP contribution in [0.3, 0.4) is 0 Å². The summed E-state index contributed by atoms with van der Waals surface area (Å²) in [5.41, 5.74) is 2.31. The van der Waals surface area contributed by atoms with Crippen LogP contribution in [-0.2, 0) is 6.42 Å². The molecule has 0 atom stereocenters. The third kappa shape index (κ3) is 2.73. The van der Waals surface area contributed by atoms with Crippen LogP contribution in [0, 0.1) is 6.92 Å². The summed E-state index contributed by atoms with van der Waals surface area (Å²) in [5.74, 6) is 1.30. The van der Waals surface area contributed by atoms with Gasteiger partial charge in [-0.1, -0.05) is 35.9 Å². The number of hydrogen-bond acceptors (Lipinski definition) is 5. The fourth-order valence-corrected chi connectivity index (χ4v) is 3.11. The maximum atomic E-state index is 5.93. The highest BCUT2D eigenvalue weighted by molar-refractivity contribution is 7.22. The maximum Gasteiger partial charge on any atom is 0.189 e. The lowest BCUT2D eigenvalue weighted by atomic mass is 10.2. The van der Waals surface area contributed by atoms with E-state index in [-0.39, 0.29) is 0 Å². The molecule has 0 aliphatic carbocycles. The van der Waals surface area contributed by atoms with Crippen LogP contribution in [0.15, 0.2) is 24.3 Å². The lowest BCUT2D eigenvalue weighted by molar-refractivity contribution is 1.06. The zero-order chi connectivity index (χ0) is 14.1. The molecule has 0 aliphatic heterocycles. The van der Waals surface area contributed by atoms with E-state index in [1.165, 1.54) is 10.3 Å². The van der Waals surface area contributed by atoms with E-state index in [0.717, 1.165) is 17.1 Å². The molecule has 0 radical (unpaired) electrons. The minimum absolute atomic E-state index is 0.425. The first-order valence-corrected chi connectivity index (χ1v) is 7.51. The molecule has 0 unspecified atom stereocenters. The first-order valence-electron chi connectivity index (χ1n) is 6.31. The van der Waals surface area contributed by atoms with Gasteiger partial charge in [0.15, 0.2) is 5.13 Å². The van der Waals surface area contributed by atoms with Gasteiger partial charge in [0.25, 0.3) is 0 Å². The molecule has 3 rings (SSSR count). The number of aromatic nitrogens is 3. The summed E-state index contributed by atoms with van der Waals surface area (Å²) in [5, 5.41) is 4.42. The zero-order valence-corrected chi connectivity index (χ0v) is 12.7. The Kier molecular flexibility index (Phi) is 3.54. The summed E-state index contributed by atoms with van der Waals surface area (Å²) in [6.45, 7) is 3.95. The number of rotatable bonds is 3. The number of nitrogens with one attached hydrogen (secondary N) is 1. The fourth-order valence-electron chi connectivity index (χ4n) is 1.95. The average molecular weight is 305 g/mol. The number of thiazole rings is 1. The highest BCUT2D eigenvalue weighted by Crippen LogP contribution is 2.29. The van der Waals surface area contributed by atoms with Gasteiger partial charge in [-0.25, -0.2) is 15.0 Å². The molecule has 2 aromatic heterocycles. The first-order chi connectivity index (χ1) is 9.64. The Morgan fingerprint density at radius 3 is 2.80 bits per heavy atom. The number of aryl methyl sites for hydroxylation is 2. The fraction of sp³-hybridized carbons (Fsp3) is 0.214. The monoisotopic (exact) mass is 304 g/mol. The lowest BCUT2D eigenvalue weighted by Crippen LogP contribution is -1.96. The Labute approximate surface area is 125 Å². The number of fused-ring (bicyclic) bond motifs is 1. The minimum Gasteiger partial charge on any atom is -0.316 e. The van der Waals surface area contributed by atoms with Crippen LogP contribution in [0.2, 0.25) is 5.15 Å². The van der Waals surface area contributed by atoms with Crippen LogP contribution in [0.5, 0.6) is 0 Å². The molecular weight excluding hydrogens is 292 g/mol. The molecule has 0 bridgehead atoms. The highest BCUT2D eigenvalue weighted by Gasteiger charge is 2.06. The van der Waals surface area contributed by atoms with Gasteiger partial charge < -0.3 is 5.32 Å². The van der Waals surface area contributed by atoms with E-state index in [4.69, 9.17) is 11.6 Å². The quantitative estimate of drug-likeness (QED) is 0.731. The minimum atomic E-state index is 0.425. The van der Waals surface area contributed by atoms with Gasteiger partial charge in [0.05, 0.1) is 10.2 Å². The van der Waals surface area contributed by atoms with Gasteiger partial charge in [-0.05, 0) is 31.0 Å². The van der Waals surface area contributed by atoms with Crippen molar-refractivity contribution < 1.29 is 0 Å². The second kappa shape index (κ2) is 5.34. The van der Waals surface area contributed by atoms with Gasteiger partial charge in [-0.3, -0.25) is 0 Å². The molecule has 1 N–H and O–H groups in total. The van der Waals surface area contributed by atoms with Crippen LogP contribution < -0.4 is 5.32 Å². The Morgan fingerprint density at radius 1 is 1.20 bits per heavy atom. The maximum absolute atomic E-state index is 5.93. The first kappa shape index (κ1) is 13.3. The lowest BCUT2D eigenvalue weighted by Gasteiger charge is -2.02. The topological polar surface area (TPSA) is 50.7 Å². The molecule has 0 saturated carbocycles. The highest BCUT2D eigenvalue weighted by atomic mass is 35.5. The van der Waals surface area contributed by atoms with Gasteiger partial charge >= 0.3 is 0 Å². The molecule has 102 valence electrons. The predicted octanol–water partition coefficient (Wildman–Crippen LogP) is 4.35. The SMILES string of the molecule is CCc1ccc2nc(Nc3cc(Cl)nc(C)n3)sc2c1. The molecule has 0 spiro atoms. The second-order valence-electron chi connectivity index (χ2n) is 4.42. The summed E-state index contributed by atoms with van der Waals surface area (Å²) in [6.07, 6.45) is 1.03. The number of hydrogen-bond donors (Lipinski definition) is 1. The third-order valence-electron chi connectivity index (χ3n) is 2.90. The van der Waals surface area contributed by atoms with Crippen molar-refractivity contribution in [2.24, 2.45) is 0 Å². The van der Waals surface area contributed by atoms with Crippen LogP contribution in [-0.4, -0.2) is 15.0 Å². The summed E-state index contributed by atoms with van der Waals surface area (Å²) in [7, 11) is 0. The molecule has 20 heavy (non-hydrogen) atoms. The molecular formula is C14H13ClN4S. The van der Waals surface area contributed by atoms with Gasteiger partial charge in [0.1, 0.15) is 16.8 Å². The number of halogens is 1. The van der Waals surface area contributed by atoms with E-state index in [1.54, 1.807) is 17.4 Å². The van der Waals surface area contributed by atoms with E-state index in [2.05, 4.69) is 39.3 Å². The van der Waals surface area contributed by atoms with Crippen LogP contribution in [0.25, 0.3) is 10.2 Å². The molecule has 4 nitrogen and oxygen atoms in total. The van der Waals surface area contributed by atoms with E-state index < -0.39 is 0 Å². The average Bonchev–Trinajstić information content (AvgIpc) is 2.78. The van der Waals surface area contributed by atoms with E-state index >= 15 is 0 Å². The third-order valence-corrected chi connectivity index (χ3v) is 4.03. The molecule has 0 saturated heterocycles. The van der Waals surface area contributed by atoms with E-state index in [9.17, 15) is 0 Å². The smallest absolute Gasteiger partial charge is 0.189 e. The molecule has 1 aromatic carbocycles. The largest absolute Gasteiger partial charge is 0.316 e. The van der Waals surface area contributed by atoms with Crippen molar-refractivity contribution >= 4 is 44.1 Å². The molecule has 2 heterocycles. The van der Waals surface area contributed by atoms with E-state index in [1.807, 2.05) is 13.0 Å². The van der Waals surface area contributed by atoms with Crippen molar-refractivity contribution in [2.45, 2.75) is 20.3 Å². The van der Waals surface area contributed by atoms with Crippen molar-refractivity contribution in [3.8, 4) is 0 Å². The summed E-state index contributed by atoms with van der Waals surface area (Å²) in [6, 6.07) is 8.03. The van der Waals surface area contributed by atoms with Crippen molar-refractivity contribution in [2.75, 3.05) is 5.32 Å². The van der Waals surface area contributed by atoms with Gasteiger partial charge in [-0.15, -0.1) is 0 Å². The molecule has 3 aromatic rings. The Balaban J connectivity index is 1.94. The Bertz CT molecular complexity index is 749. The molecule has 0 amide bonds. The summed E-state index contributed by atoms with van der Waals surface area (Å²) >= 11 is 7.53. The zero-order valence-electron chi connectivity index (χ0n) is 11.1. The predicted molar refractivity (Wildman–Crippen MR) is 84.1 cm³/mol. The number of anilines is 2. The summed E-state index contributed by atoms with van der Waals surface area (Å²) in [4.78, 5) is 12.9. The van der Waals surface area contributed by atoms with E-state index in [0.29, 0.717) is 16.8 Å². The number of benzene rings is 1. The van der Waals surface area contributed by atoms with Crippen molar-refractivity contribution in [3.63, 3.8) is 0 Å². The number of nitrogens with zero attached hydrogens (tertiary/aromatic N) is 3. The molecule has 0 aliphatic rings. The molecule has 6 heteroatoms. The second-order valence-corrected chi connectivity index (χ2v) is 5.84. The van der Waals surface area contributed by atoms with Gasteiger partial charge in [-0.2, -0.15) is 0 Å². The normalized spacial score (nSPS) is 10.9. The molecule has 0 fully saturated rings. The van der Waals surface area contributed by atoms with Crippen molar-refractivity contribution in [3.05, 3.63) is 40.8 Å². The van der Waals surface area contributed by atoms with Gasteiger partial charge in [0, 0.05) is 6.07 Å². The Hall–Kier alpha value is -1.72. The van der Waals surface area contributed by atoms with Crippen LogP contribution in [0.1, 0.15) is 18.3 Å². The van der Waals surface area contributed by atoms with Crippen LogP contribution >= 0.6 is 22.9 Å². The van der Waals surface area contributed by atoms with Crippen molar-refractivity contribution in [1.29, 1.82) is 0 Å². The van der Waals surface area contributed by atoms with Gasteiger partial charge in [0.2, 0.25) is 0 Å².